The first kappa shape index (κ1) is 32.6. The van der Waals surface area contributed by atoms with Gasteiger partial charge in [0.1, 0.15) is 17.9 Å². The summed E-state index contributed by atoms with van der Waals surface area (Å²) < 4.78 is 0. The number of carbonyl (C=O) groups is 3. The van der Waals surface area contributed by atoms with Crippen LogP contribution in [0.15, 0.2) is 48.4 Å². The van der Waals surface area contributed by atoms with E-state index < -0.39 is 41.5 Å². The number of H-pyrrole nitrogens is 1. The number of carbonyl (C=O) groups excluding carboxylic acids is 3. The van der Waals surface area contributed by atoms with E-state index in [9.17, 15) is 24.6 Å². The summed E-state index contributed by atoms with van der Waals surface area (Å²) >= 11 is 0. The Balaban J connectivity index is 1.56. The molecule has 2 aromatic rings. The molecule has 0 radical (unpaired) electrons. The molecule has 4 atom stereocenters. The Morgan fingerprint density at radius 3 is 2.33 bits per heavy atom. The molecular formula is C34H48N4O5. The predicted octanol–water partition coefficient (Wildman–Crippen LogP) is 4.11. The van der Waals surface area contributed by atoms with Crippen LogP contribution < -0.4 is 10.6 Å². The van der Waals surface area contributed by atoms with Gasteiger partial charge in [-0.05, 0) is 42.7 Å². The summed E-state index contributed by atoms with van der Waals surface area (Å²) in [6, 6.07) is 7.65. The van der Waals surface area contributed by atoms with Crippen LogP contribution >= 0.6 is 0 Å². The fourth-order valence-electron chi connectivity index (χ4n) is 5.77. The van der Waals surface area contributed by atoms with Gasteiger partial charge in [-0.2, -0.15) is 0 Å². The molecule has 234 valence electrons. The van der Waals surface area contributed by atoms with Crippen molar-refractivity contribution >= 4 is 23.7 Å². The Hall–Kier alpha value is -3.30. The maximum Gasteiger partial charge on any atom is 0.248 e. The van der Waals surface area contributed by atoms with E-state index in [1.165, 1.54) is 12.7 Å². The van der Waals surface area contributed by atoms with E-state index in [1.54, 1.807) is 12.3 Å². The van der Waals surface area contributed by atoms with E-state index in [0.717, 1.165) is 44.1 Å². The van der Waals surface area contributed by atoms with Crippen molar-refractivity contribution in [2.45, 2.75) is 109 Å². The molecule has 2 aliphatic rings. The second kappa shape index (κ2) is 14.9. The molecule has 5 N–H and O–H groups in total. The first-order valence-electron chi connectivity index (χ1n) is 15.7. The predicted molar refractivity (Wildman–Crippen MR) is 166 cm³/mol. The van der Waals surface area contributed by atoms with Crippen LogP contribution in [0.25, 0.3) is 6.08 Å². The van der Waals surface area contributed by atoms with Crippen LogP contribution in [0.2, 0.25) is 0 Å². The van der Waals surface area contributed by atoms with Crippen LogP contribution in [0.4, 0.5) is 0 Å². The maximum absolute atomic E-state index is 13.9. The van der Waals surface area contributed by atoms with E-state index in [1.807, 2.05) is 51.1 Å². The Morgan fingerprint density at radius 1 is 1.02 bits per heavy atom. The average Bonchev–Trinajstić information content (AvgIpc) is 3.71. The van der Waals surface area contributed by atoms with E-state index in [0.29, 0.717) is 18.0 Å². The van der Waals surface area contributed by atoms with Crippen molar-refractivity contribution in [2.24, 2.45) is 17.3 Å². The fourth-order valence-corrected chi connectivity index (χ4v) is 5.77. The highest BCUT2D eigenvalue weighted by atomic mass is 16.3. The maximum atomic E-state index is 13.9. The van der Waals surface area contributed by atoms with Gasteiger partial charge >= 0.3 is 0 Å². The molecule has 1 aromatic carbocycles. The van der Waals surface area contributed by atoms with Crippen molar-refractivity contribution in [1.82, 2.24) is 20.6 Å². The van der Waals surface area contributed by atoms with Gasteiger partial charge in [0.05, 0.1) is 18.5 Å². The van der Waals surface area contributed by atoms with E-state index >= 15 is 0 Å². The molecule has 1 aromatic heterocycles. The van der Waals surface area contributed by atoms with E-state index in [-0.39, 0.29) is 30.1 Å². The van der Waals surface area contributed by atoms with Crippen molar-refractivity contribution in [1.29, 1.82) is 0 Å². The first-order valence-corrected chi connectivity index (χ1v) is 15.7. The number of hydrogen-bond acceptors (Lipinski definition) is 6. The number of aromatic amines is 1. The number of nitrogens with zero attached hydrogens (tertiary/aromatic N) is 1. The molecule has 0 unspecified atom stereocenters. The van der Waals surface area contributed by atoms with Crippen LogP contribution in [0, 0.1) is 17.3 Å². The normalized spacial score (nSPS) is 19.2. The molecule has 2 aliphatic carbocycles. The van der Waals surface area contributed by atoms with Gasteiger partial charge in [-0.25, -0.2) is 4.98 Å². The Morgan fingerprint density at radius 2 is 1.72 bits per heavy atom. The minimum atomic E-state index is -1.10. The van der Waals surface area contributed by atoms with E-state index in [2.05, 4.69) is 20.6 Å². The SMILES string of the molecule is CC(C)(C)C(=O)CC(=Cc1ccccc1)C(=O)N[C@@H](Cc1cnc[nH]1)C(=O)N[C@@H](CC1CCCCC1)[C@@H](O)[C@@H](O)C1CC1. The minimum absolute atomic E-state index is 0.0484. The largest absolute Gasteiger partial charge is 0.390 e. The topological polar surface area (TPSA) is 144 Å². The average molecular weight is 593 g/mol. The van der Waals surface area contributed by atoms with Crippen LogP contribution in [-0.4, -0.2) is 62.1 Å². The second-order valence-electron chi connectivity index (χ2n) is 13.4. The van der Waals surface area contributed by atoms with Gasteiger partial charge in [-0.1, -0.05) is 83.2 Å². The number of nitrogens with one attached hydrogen (secondary N) is 3. The summed E-state index contributed by atoms with van der Waals surface area (Å²) in [6.45, 7) is 5.45. The third-order valence-corrected chi connectivity index (χ3v) is 8.73. The van der Waals surface area contributed by atoms with Crippen molar-refractivity contribution < 1.29 is 24.6 Å². The molecule has 0 bridgehead atoms. The molecule has 0 saturated heterocycles. The monoisotopic (exact) mass is 592 g/mol. The molecule has 1 heterocycles. The number of amides is 2. The number of aliphatic hydroxyl groups is 2. The molecule has 0 spiro atoms. The zero-order valence-corrected chi connectivity index (χ0v) is 25.7. The lowest BCUT2D eigenvalue weighted by molar-refractivity contribution is -0.130. The van der Waals surface area contributed by atoms with Gasteiger partial charge in [-0.3, -0.25) is 14.4 Å². The molecule has 9 heteroatoms. The standard InChI is InChI=1S/C34H48N4O5/c1-34(2,3)29(39)18-25(16-22-10-6-4-7-11-22)32(42)38-28(19-26-20-35-21-36-26)33(43)37-27(17-23-12-8-5-9-13-23)31(41)30(40)24-14-15-24/h4,6-7,10-11,16,20-21,23-24,27-28,30-31,40-41H,5,8-9,12-15,17-19H2,1-3H3,(H,35,36)(H,37,43)(H,38,42)/t27-,28-,30-,31+/m0/s1. The molecular weight excluding hydrogens is 544 g/mol. The van der Waals surface area contributed by atoms with Crippen LogP contribution in [0.3, 0.4) is 0 Å². The number of benzene rings is 1. The molecule has 0 aliphatic heterocycles. The molecule has 2 amide bonds. The van der Waals surface area contributed by atoms with Crippen molar-refractivity contribution in [3.63, 3.8) is 0 Å². The summed E-state index contributed by atoms with van der Waals surface area (Å²) in [6.07, 6.45) is 10.6. The van der Waals surface area contributed by atoms with Gasteiger partial charge in [0.15, 0.2) is 0 Å². The Labute approximate surface area is 255 Å². The number of Topliss-reactive ketones (excluding diaryl/α,β-unsaturated/α-hetero) is 1. The summed E-state index contributed by atoms with van der Waals surface area (Å²) in [5.74, 6) is -0.656. The highest BCUT2D eigenvalue weighted by Crippen LogP contribution is 2.36. The van der Waals surface area contributed by atoms with Gasteiger partial charge in [0, 0.05) is 35.7 Å². The van der Waals surface area contributed by atoms with Gasteiger partial charge in [-0.15, -0.1) is 0 Å². The number of hydrogen-bond donors (Lipinski definition) is 5. The Bertz CT molecular complexity index is 1230. The van der Waals surface area contributed by atoms with Crippen molar-refractivity contribution in [3.05, 3.63) is 59.7 Å². The molecule has 4 rings (SSSR count). The molecule has 2 saturated carbocycles. The smallest absolute Gasteiger partial charge is 0.248 e. The molecule has 2 fully saturated rings. The summed E-state index contributed by atoms with van der Waals surface area (Å²) in [5, 5.41) is 27.9. The number of rotatable bonds is 14. The first-order chi connectivity index (χ1) is 20.5. The van der Waals surface area contributed by atoms with Gasteiger partial charge < -0.3 is 25.8 Å². The molecule has 43 heavy (non-hydrogen) atoms. The number of aliphatic hydroxyl groups excluding tert-OH is 2. The Kier molecular flexibility index (Phi) is 11.3. The van der Waals surface area contributed by atoms with Gasteiger partial charge in [0.2, 0.25) is 11.8 Å². The van der Waals surface area contributed by atoms with Gasteiger partial charge in [0.25, 0.3) is 0 Å². The van der Waals surface area contributed by atoms with Crippen molar-refractivity contribution in [2.75, 3.05) is 0 Å². The van der Waals surface area contributed by atoms with E-state index in [4.69, 9.17) is 0 Å². The third-order valence-electron chi connectivity index (χ3n) is 8.73. The molecule has 9 nitrogen and oxygen atoms in total. The summed E-state index contributed by atoms with van der Waals surface area (Å²) in [5.41, 5.74) is 1.04. The van der Waals surface area contributed by atoms with Crippen molar-refractivity contribution in [3.8, 4) is 0 Å². The second-order valence-corrected chi connectivity index (χ2v) is 13.4. The number of ketones is 1. The quantitative estimate of drug-likeness (QED) is 0.209. The lowest BCUT2D eigenvalue weighted by Gasteiger charge is -2.33. The summed E-state index contributed by atoms with van der Waals surface area (Å²) in [4.78, 5) is 47.7. The summed E-state index contributed by atoms with van der Waals surface area (Å²) in [7, 11) is 0. The fraction of sp³-hybridized carbons (Fsp3) is 0.588. The van der Waals surface area contributed by atoms with Crippen LogP contribution in [0.5, 0.6) is 0 Å². The zero-order chi connectivity index (χ0) is 31.0. The van der Waals surface area contributed by atoms with Crippen LogP contribution in [0.1, 0.15) is 89.8 Å². The third kappa shape index (κ3) is 9.86. The lowest BCUT2D eigenvalue weighted by atomic mass is 9.82. The zero-order valence-electron chi connectivity index (χ0n) is 25.7. The number of aromatic nitrogens is 2. The lowest BCUT2D eigenvalue weighted by Crippen LogP contribution is -2.56. The number of imidazole rings is 1. The highest BCUT2D eigenvalue weighted by Gasteiger charge is 2.40. The minimum Gasteiger partial charge on any atom is -0.390 e. The highest BCUT2D eigenvalue weighted by molar-refractivity contribution is 6.05. The van der Waals surface area contributed by atoms with Crippen LogP contribution in [-0.2, 0) is 20.8 Å².